The van der Waals surface area contributed by atoms with Crippen molar-refractivity contribution in [2.75, 3.05) is 19.6 Å². The highest BCUT2D eigenvalue weighted by molar-refractivity contribution is 5.78. The minimum Gasteiger partial charge on any atom is -0.342 e. The molecule has 0 bridgehead atoms. The molecule has 100 valence electrons. The van der Waals surface area contributed by atoms with Crippen LogP contribution in [0.3, 0.4) is 0 Å². The van der Waals surface area contributed by atoms with Gasteiger partial charge in [-0.1, -0.05) is 44.2 Å². The van der Waals surface area contributed by atoms with Crippen molar-refractivity contribution in [3.8, 4) is 0 Å². The van der Waals surface area contributed by atoms with Crippen molar-refractivity contribution >= 4 is 5.91 Å². The Morgan fingerprint density at radius 3 is 2.39 bits per heavy atom. The van der Waals surface area contributed by atoms with E-state index < -0.39 is 0 Å². The lowest BCUT2D eigenvalue weighted by atomic mass is 9.93. The number of hydrogen-bond acceptors (Lipinski definition) is 2. The second-order valence-corrected chi connectivity index (χ2v) is 5.44. The number of rotatable bonds is 6. The number of carbonyl (C=O) groups excluding carboxylic acids is 1. The van der Waals surface area contributed by atoms with Crippen LogP contribution in [0.25, 0.3) is 0 Å². The summed E-state index contributed by atoms with van der Waals surface area (Å²) in [6.07, 6.45) is 0.468. The molecule has 0 radical (unpaired) electrons. The van der Waals surface area contributed by atoms with E-state index in [1.54, 1.807) is 0 Å². The fourth-order valence-electron chi connectivity index (χ4n) is 1.84. The molecule has 0 atom stereocenters. The summed E-state index contributed by atoms with van der Waals surface area (Å²) in [4.78, 5) is 14.1. The Hall–Kier alpha value is -1.35. The molecule has 0 aromatic heterocycles. The van der Waals surface area contributed by atoms with Gasteiger partial charge < -0.3 is 10.6 Å². The van der Waals surface area contributed by atoms with Crippen LogP contribution in [0.2, 0.25) is 0 Å². The van der Waals surface area contributed by atoms with Gasteiger partial charge in [-0.3, -0.25) is 4.79 Å². The van der Waals surface area contributed by atoms with Crippen LogP contribution in [-0.4, -0.2) is 30.4 Å². The van der Waals surface area contributed by atoms with E-state index in [0.717, 1.165) is 12.1 Å². The normalized spacial score (nSPS) is 11.3. The summed E-state index contributed by atoms with van der Waals surface area (Å²) >= 11 is 0. The van der Waals surface area contributed by atoms with Crippen molar-refractivity contribution in [1.29, 1.82) is 0 Å². The Bertz CT molecular complexity index is 373. The first-order valence-electron chi connectivity index (χ1n) is 6.50. The van der Waals surface area contributed by atoms with E-state index in [0.29, 0.717) is 19.5 Å². The second kappa shape index (κ2) is 6.55. The summed E-state index contributed by atoms with van der Waals surface area (Å²) in [5.74, 6) is 0.172. The highest BCUT2D eigenvalue weighted by Crippen LogP contribution is 2.15. The largest absolute Gasteiger partial charge is 0.342 e. The lowest BCUT2D eigenvalue weighted by molar-refractivity contribution is -0.131. The fraction of sp³-hybridized carbons (Fsp3) is 0.533. The second-order valence-electron chi connectivity index (χ2n) is 5.44. The Balaban J connectivity index is 2.63. The average molecular weight is 248 g/mol. The number of benzene rings is 1. The molecule has 0 aliphatic heterocycles. The van der Waals surface area contributed by atoms with Gasteiger partial charge in [0.15, 0.2) is 0 Å². The molecule has 0 unspecified atom stereocenters. The summed E-state index contributed by atoms with van der Waals surface area (Å²) in [6.45, 7) is 8.22. The summed E-state index contributed by atoms with van der Waals surface area (Å²) < 4.78 is 0. The maximum atomic E-state index is 12.2. The monoisotopic (exact) mass is 248 g/mol. The maximum Gasteiger partial charge on any atom is 0.226 e. The molecule has 18 heavy (non-hydrogen) atoms. The quantitative estimate of drug-likeness (QED) is 0.837. The molecule has 2 N–H and O–H groups in total. The van der Waals surface area contributed by atoms with Crippen molar-refractivity contribution in [3.05, 3.63) is 35.9 Å². The van der Waals surface area contributed by atoms with Crippen LogP contribution in [0.4, 0.5) is 0 Å². The highest BCUT2D eigenvalue weighted by atomic mass is 16.2. The van der Waals surface area contributed by atoms with E-state index in [1.165, 1.54) is 0 Å². The molecule has 0 spiro atoms. The lowest BCUT2D eigenvalue weighted by Gasteiger charge is -2.31. The number of hydrogen-bond donors (Lipinski definition) is 1. The summed E-state index contributed by atoms with van der Waals surface area (Å²) in [7, 11) is 0. The van der Waals surface area contributed by atoms with Crippen LogP contribution in [0.1, 0.15) is 26.3 Å². The van der Waals surface area contributed by atoms with Crippen molar-refractivity contribution in [2.24, 2.45) is 11.1 Å². The number of amides is 1. The van der Waals surface area contributed by atoms with Gasteiger partial charge in [-0.25, -0.2) is 0 Å². The fourth-order valence-corrected chi connectivity index (χ4v) is 1.84. The molecule has 0 aliphatic carbocycles. The predicted octanol–water partition coefficient (Wildman–Crippen LogP) is 2.06. The van der Waals surface area contributed by atoms with Gasteiger partial charge in [-0.2, -0.15) is 0 Å². The topological polar surface area (TPSA) is 46.3 Å². The van der Waals surface area contributed by atoms with Gasteiger partial charge in [0.25, 0.3) is 0 Å². The Labute approximate surface area is 110 Å². The first-order valence-corrected chi connectivity index (χ1v) is 6.50. The zero-order valence-electron chi connectivity index (χ0n) is 11.6. The molecule has 0 heterocycles. The summed E-state index contributed by atoms with van der Waals surface area (Å²) in [6, 6.07) is 9.86. The smallest absolute Gasteiger partial charge is 0.226 e. The SMILES string of the molecule is CCN(CC(C)(C)CN)C(=O)Cc1ccccc1. The van der Waals surface area contributed by atoms with Gasteiger partial charge in [0.1, 0.15) is 0 Å². The number of carbonyl (C=O) groups is 1. The Morgan fingerprint density at radius 2 is 1.89 bits per heavy atom. The molecule has 3 heteroatoms. The van der Waals surface area contributed by atoms with Crippen LogP contribution < -0.4 is 5.73 Å². The van der Waals surface area contributed by atoms with Crippen molar-refractivity contribution in [3.63, 3.8) is 0 Å². The third-order valence-electron chi connectivity index (χ3n) is 3.10. The Morgan fingerprint density at radius 1 is 1.28 bits per heavy atom. The molecule has 0 saturated heterocycles. The lowest BCUT2D eigenvalue weighted by Crippen LogP contribution is -2.42. The molecule has 0 fully saturated rings. The maximum absolute atomic E-state index is 12.2. The number of likely N-dealkylation sites (N-methyl/N-ethyl adjacent to an activating group) is 1. The van der Waals surface area contributed by atoms with Gasteiger partial charge >= 0.3 is 0 Å². The minimum atomic E-state index is -0.0254. The minimum absolute atomic E-state index is 0.0254. The zero-order chi connectivity index (χ0) is 13.6. The molecule has 0 aliphatic rings. The molecule has 3 nitrogen and oxygen atoms in total. The van der Waals surface area contributed by atoms with Crippen molar-refractivity contribution in [2.45, 2.75) is 27.2 Å². The van der Waals surface area contributed by atoms with Crippen LogP contribution in [0.15, 0.2) is 30.3 Å². The third-order valence-corrected chi connectivity index (χ3v) is 3.10. The molecule has 1 aromatic rings. The van der Waals surface area contributed by atoms with Gasteiger partial charge in [-0.05, 0) is 24.4 Å². The van der Waals surface area contributed by atoms with Crippen LogP contribution in [-0.2, 0) is 11.2 Å². The Kier molecular flexibility index (Phi) is 5.35. The summed E-state index contributed by atoms with van der Waals surface area (Å²) in [5, 5.41) is 0. The van der Waals surface area contributed by atoms with Crippen molar-refractivity contribution in [1.82, 2.24) is 4.90 Å². The van der Waals surface area contributed by atoms with E-state index in [-0.39, 0.29) is 11.3 Å². The third kappa shape index (κ3) is 4.49. The molecule has 0 saturated carbocycles. The van der Waals surface area contributed by atoms with E-state index in [2.05, 4.69) is 13.8 Å². The van der Waals surface area contributed by atoms with E-state index in [4.69, 9.17) is 5.73 Å². The first-order chi connectivity index (χ1) is 8.48. The first kappa shape index (κ1) is 14.7. The van der Waals surface area contributed by atoms with Gasteiger partial charge in [0.05, 0.1) is 6.42 Å². The van der Waals surface area contributed by atoms with E-state index in [1.807, 2.05) is 42.2 Å². The highest BCUT2D eigenvalue weighted by Gasteiger charge is 2.22. The average Bonchev–Trinajstić information content (AvgIpc) is 2.37. The molecular formula is C15H24N2O. The standard InChI is InChI=1S/C15H24N2O/c1-4-17(12-15(2,3)11-16)14(18)10-13-8-6-5-7-9-13/h5-9H,4,10-12,16H2,1-3H3. The molecule has 1 aromatic carbocycles. The van der Waals surface area contributed by atoms with Crippen LogP contribution in [0.5, 0.6) is 0 Å². The molecule has 1 amide bonds. The predicted molar refractivity (Wildman–Crippen MR) is 75.2 cm³/mol. The van der Waals surface area contributed by atoms with Gasteiger partial charge in [-0.15, -0.1) is 0 Å². The van der Waals surface area contributed by atoms with E-state index >= 15 is 0 Å². The van der Waals surface area contributed by atoms with Crippen LogP contribution >= 0.6 is 0 Å². The molecule has 1 rings (SSSR count). The van der Waals surface area contributed by atoms with Gasteiger partial charge in [0, 0.05) is 13.1 Å². The zero-order valence-corrected chi connectivity index (χ0v) is 11.6. The number of nitrogens with two attached hydrogens (primary N) is 1. The van der Waals surface area contributed by atoms with Gasteiger partial charge in [0.2, 0.25) is 5.91 Å². The van der Waals surface area contributed by atoms with Crippen molar-refractivity contribution < 1.29 is 4.79 Å². The summed E-state index contributed by atoms with van der Waals surface area (Å²) in [5.41, 5.74) is 6.76. The van der Waals surface area contributed by atoms with Crippen LogP contribution in [0, 0.1) is 5.41 Å². The molecular weight excluding hydrogens is 224 g/mol. The number of nitrogens with zero attached hydrogens (tertiary/aromatic N) is 1. The van der Waals surface area contributed by atoms with E-state index in [9.17, 15) is 4.79 Å².